The number of hydrogen-bond donors (Lipinski definition) is 0. The fraction of sp³-hybridized carbons (Fsp3) is 0.222. The number of aryl methyl sites for hydroxylation is 1. The molecule has 1 amide bonds. The second kappa shape index (κ2) is 8.45. The van der Waals surface area contributed by atoms with E-state index in [2.05, 4.69) is 0 Å². The maximum Gasteiger partial charge on any atom is 0.339 e. The molecule has 0 aliphatic carbocycles. The molecule has 0 unspecified atom stereocenters. The molecule has 0 radical (unpaired) electrons. The van der Waals surface area contributed by atoms with E-state index < -0.39 is 18.5 Å². The third-order valence-corrected chi connectivity index (χ3v) is 3.46. The van der Waals surface area contributed by atoms with Crippen molar-refractivity contribution in [3.63, 3.8) is 0 Å². The van der Waals surface area contributed by atoms with Gasteiger partial charge in [-0.05, 0) is 19.1 Å². The Morgan fingerprint density at radius 3 is 2.44 bits per heavy atom. The van der Waals surface area contributed by atoms with Crippen molar-refractivity contribution >= 4 is 17.6 Å². The first-order valence-electron chi connectivity index (χ1n) is 7.61. The smallest absolute Gasteiger partial charge is 0.339 e. The number of esters is 1. The minimum absolute atomic E-state index is 0.162. The summed E-state index contributed by atoms with van der Waals surface area (Å²) in [6.45, 7) is 1.68. The summed E-state index contributed by atoms with van der Waals surface area (Å²) in [7, 11) is 0. The van der Waals surface area contributed by atoms with Crippen molar-refractivity contribution in [3.05, 3.63) is 65.1 Å². The van der Waals surface area contributed by atoms with Crippen LogP contribution >= 0.6 is 0 Å². The Balaban J connectivity index is 2.03. The SMILES string of the molecule is Cc1ccc(N(CCC#N)C(=O)COC(=O)c2cc[n+]([O-])cc2)cc1. The van der Waals surface area contributed by atoms with Gasteiger partial charge in [0.25, 0.3) is 5.91 Å². The highest BCUT2D eigenvalue weighted by molar-refractivity contribution is 5.97. The van der Waals surface area contributed by atoms with Crippen molar-refractivity contribution in [2.45, 2.75) is 13.3 Å². The van der Waals surface area contributed by atoms with Crippen LogP contribution in [0.4, 0.5) is 5.69 Å². The van der Waals surface area contributed by atoms with Crippen molar-refractivity contribution < 1.29 is 19.1 Å². The molecule has 0 atom stereocenters. The molecule has 0 fully saturated rings. The number of benzene rings is 1. The average Bonchev–Trinajstić information content (AvgIpc) is 2.62. The van der Waals surface area contributed by atoms with E-state index in [0.717, 1.165) is 5.56 Å². The molecule has 0 spiro atoms. The molecule has 0 saturated heterocycles. The Morgan fingerprint density at radius 1 is 1.20 bits per heavy atom. The van der Waals surface area contributed by atoms with Crippen LogP contribution < -0.4 is 9.63 Å². The monoisotopic (exact) mass is 339 g/mol. The molecular formula is C18H17N3O4. The number of carbonyl (C=O) groups excluding carboxylic acids is 2. The van der Waals surface area contributed by atoms with Gasteiger partial charge < -0.3 is 14.8 Å². The van der Waals surface area contributed by atoms with Gasteiger partial charge >= 0.3 is 5.97 Å². The minimum Gasteiger partial charge on any atom is -0.619 e. The van der Waals surface area contributed by atoms with Crippen molar-refractivity contribution in [1.82, 2.24) is 0 Å². The van der Waals surface area contributed by atoms with E-state index in [1.807, 2.05) is 25.1 Å². The summed E-state index contributed by atoms with van der Waals surface area (Å²) in [4.78, 5) is 25.7. The van der Waals surface area contributed by atoms with Gasteiger partial charge in [-0.3, -0.25) is 4.79 Å². The minimum atomic E-state index is -0.696. The Kier molecular flexibility index (Phi) is 6.07. The molecule has 25 heavy (non-hydrogen) atoms. The topological polar surface area (TPSA) is 97.3 Å². The zero-order valence-corrected chi connectivity index (χ0v) is 13.7. The lowest BCUT2D eigenvalue weighted by Gasteiger charge is -2.21. The van der Waals surface area contributed by atoms with Crippen LogP contribution in [0.3, 0.4) is 0 Å². The van der Waals surface area contributed by atoms with Gasteiger partial charge in [0.1, 0.15) is 0 Å². The van der Waals surface area contributed by atoms with E-state index in [1.54, 1.807) is 12.1 Å². The van der Waals surface area contributed by atoms with Crippen molar-refractivity contribution in [2.75, 3.05) is 18.1 Å². The lowest BCUT2D eigenvalue weighted by molar-refractivity contribution is -0.605. The number of rotatable bonds is 6. The van der Waals surface area contributed by atoms with Crippen LogP contribution in [-0.2, 0) is 9.53 Å². The molecule has 0 saturated carbocycles. The molecule has 7 nitrogen and oxygen atoms in total. The number of nitrogens with zero attached hydrogens (tertiary/aromatic N) is 3. The molecule has 0 N–H and O–H groups in total. The first-order valence-corrected chi connectivity index (χ1v) is 7.61. The molecule has 0 aliphatic rings. The van der Waals surface area contributed by atoms with Gasteiger partial charge in [-0.2, -0.15) is 9.99 Å². The Bertz CT molecular complexity index is 779. The van der Waals surface area contributed by atoms with Crippen molar-refractivity contribution in [1.29, 1.82) is 5.26 Å². The van der Waals surface area contributed by atoms with Gasteiger partial charge in [0.2, 0.25) is 0 Å². The molecule has 7 heteroatoms. The van der Waals surface area contributed by atoms with Crippen LogP contribution in [0.25, 0.3) is 0 Å². The first kappa shape index (κ1) is 17.9. The molecule has 128 valence electrons. The number of ether oxygens (including phenoxy) is 1. The van der Waals surface area contributed by atoms with Crippen LogP contribution in [0.2, 0.25) is 0 Å². The third kappa shape index (κ3) is 5.04. The summed E-state index contributed by atoms with van der Waals surface area (Å²) in [6, 6.07) is 11.9. The lowest BCUT2D eigenvalue weighted by atomic mass is 10.2. The Morgan fingerprint density at radius 2 is 1.84 bits per heavy atom. The number of pyridine rings is 1. The fourth-order valence-corrected chi connectivity index (χ4v) is 2.12. The van der Waals surface area contributed by atoms with Crippen molar-refractivity contribution in [3.8, 4) is 6.07 Å². The highest BCUT2D eigenvalue weighted by atomic mass is 16.5. The largest absolute Gasteiger partial charge is 0.619 e. The number of carbonyl (C=O) groups is 2. The van der Waals surface area contributed by atoms with Gasteiger partial charge in [0.05, 0.1) is 18.1 Å². The second-order valence-electron chi connectivity index (χ2n) is 5.31. The zero-order valence-electron chi connectivity index (χ0n) is 13.7. The van der Waals surface area contributed by atoms with E-state index in [1.165, 1.54) is 29.4 Å². The summed E-state index contributed by atoms with van der Waals surface area (Å²) < 4.78 is 5.56. The molecule has 0 bridgehead atoms. The summed E-state index contributed by atoms with van der Waals surface area (Å²) in [5.41, 5.74) is 1.86. The molecule has 1 aromatic carbocycles. The van der Waals surface area contributed by atoms with E-state index >= 15 is 0 Å². The van der Waals surface area contributed by atoms with Crippen LogP contribution in [0.5, 0.6) is 0 Å². The third-order valence-electron chi connectivity index (χ3n) is 3.46. The summed E-state index contributed by atoms with van der Waals surface area (Å²) >= 11 is 0. The normalized spacial score (nSPS) is 9.92. The maximum atomic E-state index is 12.4. The number of nitriles is 1. The van der Waals surface area contributed by atoms with Crippen LogP contribution in [0, 0.1) is 23.5 Å². The van der Waals surface area contributed by atoms with Gasteiger partial charge in [0.15, 0.2) is 19.0 Å². The highest BCUT2D eigenvalue weighted by Crippen LogP contribution is 2.16. The van der Waals surface area contributed by atoms with Crippen LogP contribution in [0.1, 0.15) is 22.3 Å². The Hall–Kier alpha value is -3.40. The quantitative estimate of drug-likeness (QED) is 0.453. The summed E-state index contributed by atoms with van der Waals surface area (Å²) in [5.74, 6) is -1.12. The van der Waals surface area contributed by atoms with Crippen molar-refractivity contribution in [2.24, 2.45) is 0 Å². The molecule has 2 rings (SSSR count). The average molecular weight is 339 g/mol. The van der Waals surface area contributed by atoms with Gasteiger partial charge in [-0.15, -0.1) is 0 Å². The first-order chi connectivity index (χ1) is 12.0. The number of aromatic nitrogens is 1. The predicted molar refractivity (Wildman–Crippen MR) is 89.4 cm³/mol. The predicted octanol–water partition coefficient (Wildman–Crippen LogP) is 1.73. The number of hydrogen-bond acceptors (Lipinski definition) is 5. The van der Waals surface area contributed by atoms with E-state index in [0.29, 0.717) is 10.4 Å². The highest BCUT2D eigenvalue weighted by Gasteiger charge is 2.18. The van der Waals surface area contributed by atoms with Crippen LogP contribution in [0.15, 0.2) is 48.8 Å². The lowest BCUT2D eigenvalue weighted by Crippen LogP contribution is -2.35. The zero-order chi connectivity index (χ0) is 18.2. The van der Waals surface area contributed by atoms with Gasteiger partial charge in [0, 0.05) is 24.4 Å². The summed E-state index contributed by atoms with van der Waals surface area (Å²) in [5, 5.41) is 19.7. The van der Waals surface area contributed by atoms with Gasteiger partial charge in [-0.1, -0.05) is 17.7 Å². The summed E-state index contributed by atoms with van der Waals surface area (Å²) in [6.07, 6.45) is 2.50. The Labute approximate surface area is 145 Å². The molecular weight excluding hydrogens is 322 g/mol. The van der Waals surface area contributed by atoms with Crippen LogP contribution in [-0.4, -0.2) is 25.0 Å². The maximum absolute atomic E-state index is 12.4. The van der Waals surface area contributed by atoms with Gasteiger partial charge in [-0.25, -0.2) is 4.79 Å². The molecule has 1 aromatic heterocycles. The van der Waals surface area contributed by atoms with E-state index in [4.69, 9.17) is 10.00 Å². The fourth-order valence-electron chi connectivity index (χ4n) is 2.12. The second-order valence-corrected chi connectivity index (χ2v) is 5.31. The standard InChI is InChI=1S/C18H17N3O4/c1-14-3-5-16(6-4-14)21(10-2-9-19)17(22)13-25-18(23)15-7-11-20(24)12-8-15/h3-8,11-12H,2,10,13H2,1H3. The van der Waals surface area contributed by atoms with E-state index in [9.17, 15) is 14.8 Å². The number of anilines is 1. The number of amides is 1. The molecule has 0 aliphatic heterocycles. The molecule has 1 heterocycles. The van der Waals surface area contributed by atoms with E-state index in [-0.39, 0.29) is 18.5 Å². The molecule has 2 aromatic rings.